The maximum Gasteiger partial charge on any atom is 0.253 e. The van der Waals surface area contributed by atoms with Gasteiger partial charge in [0.2, 0.25) is 5.91 Å². The maximum atomic E-state index is 12.6. The maximum absolute atomic E-state index is 12.6. The Kier molecular flexibility index (Phi) is 7.63. The van der Waals surface area contributed by atoms with Gasteiger partial charge in [0.25, 0.3) is 5.91 Å². The molecule has 1 fully saturated rings. The van der Waals surface area contributed by atoms with Crippen LogP contribution in [0.2, 0.25) is 0 Å². The van der Waals surface area contributed by atoms with E-state index in [0.717, 1.165) is 43.8 Å². The molecule has 0 spiro atoms. The van der Waals surface area contributed by atoms with E-state index in [1.54, 1.807) is 11.8 Å². The minimum absolute atomic E-state index is 0.108. The summed E-state index contributed by atoms with van der Waals surface area (Å²) in [6.07, 6.45) is 4.54. The smallest absolute Gasteiger partial charge is 0.253 e. The lowest BCUT2D eigenvalue weighted by atomic mass is 9.81. The predicted octanol–water partition coefficient (Wildman–Crippen LogP) is 3.04. The van der Waals surface area contributed by atoms with Gasteiger partial charge in [-0.25, -0.2) is 0 Å². The van der Waals surface area contributed by atoms with Crippen LogP contribution in [0.3, 0.4) is 0 Å². The number of amides is 2. The van der Waals surface area contributed by atoms with Crippen LogP contribution in [-0.4, -0.2) is 48.4 Å². The molecule has 1 saturated heterocycles. The third kappa shape index (κ3) is 5.26. The number of nitrogens with zero attached hydrogens (tertiary/aromatic N) is 1. The molecule has 5 heteroatoms. The number of likely N-dealkylation sites (tertiary alicyclic amines) is 1. The lowest BCUT2D eigenvalue weighted by Gasteiger charge is -2.38. The van der Waals surface area contributed by atoms with Gasteiger partial charge in [-0.2, -0.15) is 11.8 Å². The molecule has 0 aliphatic carbocycles. The molecule has 2 amide bonds. The number of piperidine rings is 1. The van der Waals surface area contributed by atoms with Crippen molar-refractivity contribution in [2.45, 2.75) is 26.2 Å². The largest absolute Gasteiger partial charge is 0.355 e. The van der Waals surface area contributed by atoms with Gasteiger partial charge in [0.1, 0.15) is 0 Å². The molecular weight excluding hydrogens is 320 g/mol. The van der Waals surface area contributed by atoms with Gasteiger partial charge < -0.3 is 10.2 Å². The summed E-state index contributed by atoms with van der Waals surface area (Å²) < 4.78 is 0. The van der Waals surface area contributed by atoms with Crippen molar-refractivity contribution in [2.24, 2.45) is 11.8 Å². The minimum atomic E-state index is 0.108. The second-order valence-electron chi connectivity index (χ2n) is 6.38. The highest BCUT2D eigenvalue weighted by atomic mass is 32.2. The van der Waals surface area contributed by atoms with Crippen molar-refractivity contribution in [3.63, 3.8) is 0 Å². The summed E-state index contributed by atoms with van der Waals surface area (Å²) in [5.74, 6) is 1.99. The molecule has 1 aromatic rings. The van der Waals surface area contributed by atoms with Gasteiger partial charge in [-0.1, -0.05) is 31.5 Å². The molecule has 132 valence electrons. The first-order valence-electron chi connectivity index (χ1n) is 8.75. The molecule has 1 N–H and O–H groups in total. The van der Waals surface area contributed by atoms with E-state index < -0.39 is 0 Å². The molecule has 0 aromatic heterocycles. The third-order valence-electron chi connectivity index (χ3n) is 4.80. The summed E-state index contributed by atoms with van der Waals surface area (Å²) in [4.78, 5) is 26.6. The average molecular weight is 349 g/mol. The first kappa shape index (κ1) is 18.8. The first-order chi connectivity index (χ1) is 11.7. The molecule has 1 heterocycles. The number of carbonyl (C=O) groups excluding carboxylic acids is 2. The Morgan fingerprint density at radius 1 is 1.25 bits per heavy atom. The van der Waals surface area contributed by atoms with Crippen LogP contribution in [0.5, 0.6) is 0 Å². The molecule has 1 aromatic carbocycles. The van der Waals surface area contributed by atoms with Crippen LogP contribution in [0.1, 0.15) is 36.5 Å². The number of thioether (sulfide) groups is 1. The van der Waals surface area contributed by atoms with Crippen LogP contribution in [0.4, 0.5) is 0 Å². The van der Waals surface area contributed by atoms with Crippen molar-refractivity contribution < 1.29 is 9.59 Å². The van der Waals surface area contributed by atoms with E-state index in [0.29, 0.717) is 18.3 Å². The standard InChI is InChI=1S/C19H28N2O2S/c1-3-15-14-21(19(23)16-7-5-4-6-8-16)11-9-17(15)13-18(22)20-10-12-24-2/h4-8,15,17H,3,9-14H2,1-2H3,(H,20,22)/t15-,17-/m0/s1. The molecule has 24 heavy (non-hydrogen) atoms. The van der Waals surface area contributed by atoms with Crippen LogP contribution in [0.25, 0.3) is 0 Å². The zero-order valence-corrected chi connectivity index (χ0v) is 15.5. The molecule has 0 unspecified atom stereocenters. The fourth-order valence-electron chi connectivity index (χ4n) is 3.36. The predicted molar refractivity (Wildman–Crippen MR) is 100 cm³/mol. The fraction of sp³-hybridized carbons (Fsp3) is 0.579. The number of hydrogen-bond donors (Lipinski definition) is 1. The Balaban J connectivity index is 1.89. The molecule has 2 atom stereocenters. The van der Waals surface area contributed by atoms with Crippen LogP contribution in [0, 0.1) is 11.8 Å². The van der Waals surface area contributed by atoms with Crippen molar-refractivity contribution in [3.8, 4) is 0 Å². The van der Waals surface area contributed by atoms with Crippen molar-refractivity contribution >= 4 is 23.6 Å². The van der Waals surface area contributed by atoms with E-state index in [4.69, 9.17) is 0 Å². The summed E-state index contributed by atoms with van der Waals surface area (Å²) in [6, 6.07) is 9.46. The number of hydrogen-bond acceptors (Lipinski definition) is 3. The van der Waals surface area contributed by atoms with Gasteiger partial charge >= 0.3 is 0 Å². The van der Waals surface area contributed by atoms with E-state index in [9.17, 15) is 9.59 Å². The van der Waals surface area contributed by atoms with Gasteiger partial charge in [-0.15, -0.1) is 0 Å². The number of benzene rings is 1. The quantitative estimate of drug-likeness (QED) is 0.771. The Morgan fingerprint density at radius 3 is 2.67 bits per heavy atom. The molecule has 1 aliphatic rings. The molecule has 2 rings (SSSR count). The molecule has 0 bridgehead atoms. The van der Waals surface area contributed by atoms with Gasteiger partial charge in [-0.3, -0.25) is 9.59 Å². The van der Waals surface area contributed by atoms with E-state index >= 15 is 0 Å². The number of carbonyl (C=O) groups is 2. The summed E-state index contributed by atoms with van der Waals surface area (Å²) in [6.45, 7) is 4.39. The highest BCUT2D eigenvalue weighted by Crippen LogP contribution is 2.29. The third-order valence-corrected chi connectivity index (χ3v) is 5.41. The monoisotopic (exact) mass is 348 g/mol. The van der Waals surface area contributed by atoms with E-state index in [1.165, 1.54) is 0 Å². The fourth-order valence-corrected chi connectivity index (χ4v) is 3.67. The van der Waals surface area contributed by atoms with Crippen LogP contribution >= 0.6 is 11.8 Å². The van der Waals surface area contributed by atoms with Crippen molar-refractivity contribution in [1.82, 2.24) is 10.2 Å². The molecule has 0 saturated carbocycles. The molecular formula is C19H28N2O2S. The van der Waals surface area contributed by atoms with Gasteiger partial charge in [0, 0.05) is 37.4 Å². The highest BCUT2D eigenvalue weighted by Gasteiger charge is 2.31. The summed E-state index contributed by atoms with van der Waals surface area (Å²) in [7, 11) is 0. The average Bonchev–Trinajstić information content (AvgIpc) is 2.62. The lowest BCUT2D eigenvalue weighted by Crippen LogP contribution is -2.45. The van der Waals surface area contributed by atoms with E-state index in [-0.39, 0.29) is 11.8 Å². The second-order valence-corrected chi connectivity index (χ2v) is 7.37. The van der Waals surface area contributed by atoms with E-state index in [2.05, 4.69) is 12.2 Å². The molecule has 1 aliphatic heterocycles. The SMILES string of the molecule is CC[C@H]1CN(C(=O)c2ccccc2)CC[C@H]1CC(=O)NCCSC. The molecule has 4 nitrogen and oxygen atoms in total. The van der Waals surface area contributed by atoms with Crippen molar-refractivity contribution in [1.29, 1.82) is 0 Å². The normalized spacial score (nSPS) is 20.7. The number of nitrogens with one attached hydrogen (secondary N) is 1. The van der Waals surface area contributed by atoms with Crippen LogP contribution < -0.4 is 5.32 Å². The minimum Gasteiger partial charge on any atom is -0.355 e. The van der Waals surface area contributed by atoms with Gasteiger partial charge in [-0.05, 0) is 36.6 Å². The van der Waals surface area contributed by atoms with E-state index in [1.807, 2.05) is 41.5 Å². The Morgan fingerprint density at radius 2 is 2.00 bits per heavy atom. The Hall–Kier alpha value is -1.49. The summed E-state index contributed by atoms with van der Waals surface area (Å²) in [5, 5.41) is 3.00. The van der Waals surface area contributed by atoms with Gasteiger partial charge in [0.15, 0.2) is 0 Å². The highest BCUT2D eigenvalue weighted by molar-refractivity contribution is 7.98. The number of rotatable bonds is 7. The summed E-state index contributed by atoms with van der Waals surface area (Å²) in [5.41, 5.74) is 0.751. The Bertz CT molecular complexity index is 535. The van der Waals surface area contributed by atoms with Crippen LogP contribution in [-0.2, 0) is 4.79 Å². The second kappa shape index (κ2) is 9.72. The van der Waals surface area contributed by atoms with Crippen LogP contribution in [0.15, 0.2) is 30.3 Å². The Labute approximate surface area is 149 Å². The topological polar surface area (TPSA) is 49.4 Å². The summed E-state index contributed by atoms with van der Waals surface area (Å²) >= 11 is 1.74. The zero-order valence-electron chi connectivity index (χ0n) is 14.7. The lowest BCUT2D eigenvalue weighted by molar-refractivity contribution is -0.122. The zero-order chi connectivity index (χ0) is 17.4. The first-order valence-corrected chi connectivity index (χ1v) is 10.1. The van der Waals surface area contributed by atoms with Crippen molar-refractivity contribution in [2.75, 3.05) is 31.6 Å². The molecule has 0 radical (unpaired) electrons. The van der Waals surface area contributed by atoms with Crippen molar-refractivity contribution in [3.05, 3.63) is 35.9 Å². The van der Waals surface area contributed by atoms with Gasteiger partial charge in [0.05, 0.1) is 0 Å².